The van der Waals surface area contributed by atoms with Gasteiger partial charge in [0, 0.05) is 35.1 Å². The lowest BCUT2D eigenvalue weighted by Gasteiger charge is -2.42. The molecule has 6 heteroatoms. The van der Waals surface area contributed by atoms with Gasteiger partial charge in [-0.2, -0.15) is 0 Å². The molecule has 28 heavy (non-hydrogen) atoms. The molecule has 6 nitrogen and oxygen atoms in total. The number of ether oxygens (including phenoxy) is 1. The van der Waals surface area contributed by atoms with Crippen molar-refractivity contribution in [2.75, 3.05) is 13.7 Å². The van der Waals surface area contributed by atoms with Gasteiger partial charge in [-0.05, 0) is 17.7 Å². The van der Waals surface area contributed by atoms with Gasteiger partial charge in [-0.1, -0.05) is 36.4 Å². The molecule has 1 aromatic heterocycles. The van der Waals surface area contributed by atoms with Crippen LogP contribution in [0.2, 0.25) is 0 Å². The van der Waals surface area contributed by atoms with Gasteiger partial charge in [0.25, 0.3) is 0 Å². The summed E-state index contributed by atoms with van der Waals surface area (Å²) in [7, 11) is 1.61. The highest BCUT2D eigenvalue weighted by Crippen LogP contribution is 2.33. The van der Waals surface area contributed by atoms with E-state index in [-0.39, 0.29) is 18.4 Å². The number of fused-ring (bicyclic) bond motifs is 4. The predicted molar refractivity (Wildman–Crippen MR) is 105 cm³/mol. The van der Waals surface area contributed by atoms with Crippen LogP contribution in [-0.2, 0) is 29.1 Å². The lowest BCUT2D eigenvalue weighted by atomic mass is 9.93. The van der Waals surface area contributed by atoms with Gasteiger partial charge in [-0.3, -0.25) is 9.59 Å². The predicted octanol–water partition coefficient (Wildman–Crippen LogP) is 2.47. The van der Waals surface area contributed by atoms with Crippen LogP contribution in [-0.4, -0.2) is 46.3 Å². The molecule has 0 saturated carbocycles. The molecule has 3 aromatic rings. The number of aromatic amines is 1. The van der Waals surface area contributed by atoms with Crippen LogP contribution in [0.3, 0.4) is 0 Å². The maximum absolute atomic E-state index is 13.3. The maximum Gasteiger partial charge on any atom is 0.246 e. The molecule has 1 atom stereocenters. The Kier molecular flexibility index (Phi) is 3.86. The quantitative estimate of drug-likeness (QED) is 0.765. The summed E-state index contributed by atoms with van der Waals surface area (Å²) in [6, 6.07) is 15.3. The molecule has 2 aliphatic heterocycles. The third-order valence-corrected chi connectivity index (χ3v) is 5.80. The van der Waals surface area contributed by atoms with E-state index in [2.05, 4.69) is 11.1 Å². The van der Waals surface area contributed by atoms with E-state index in [1.165, 1.54) is 0 Å². The van der Waals surface area contributed by atoms with Crippen LogP contribution < -0.4 is 4.74 Å². The number of methoxy groups -OCH3 is 1. The molecule has 3 heterocycles. The van der Waals surface area contributed by atoms with Crippen molar-refractivity contribution in [1.82, 2.24) is 14.8 Å². The van der Waals surface area contributed by atoms with E-state index >= 15 is 0 Å². The summed E-state index contributed by atoms with van der Waals surface area (Å²) in [4.78, 5) is 32.9. The Bertz CT molecular complexity index is 1090. The summed E-state index contributed by atoms with van der Waals surface area (Å²) >= 11 is 0. The van der Waals surface area contributed by atoms with Gasteiger partial charge in [0.2, 0.25) is 11.8 Å². The van der Waals surface area contributed by atoms with E-state index < -0.39 is 6.04 Å². The van der Waals surface area contributed by atoms with Crippen molar-refractivity contribution >= 4 is 22.7 Å². The molecular formula is C22H21N3O3. The zero-order valence-electron chi connectivity index (χ0n) is 15.6. The monoisotopic (exact) mass is 375 g/mol. The molecule has 2 aliphatic rings. The number of piperazine rings is 1. The molecule has 0 spiro atoms. The molecular weight excluding hydrogens is 354 g/mol. The molecule has 0 aliphatic carbocycles. The third kappa shape index (κ3) is 2.56. The lowest BCUT2D eigenvalue weighted by Crippen LogP contribution is -2.61. The number of nitrogens with one attached hydrogen (secondary N) is 1. The number of H-pyrrole nitrogens is 1. The minimum atomic E-state index is -0.442. The summed E-state index contributed by atoms with van der Waals surface area (Å²) < 4.78 is 5.40. The van der Waals surface area contributed by atoms with Gasteiger partial charge in [0.05, 0.1) is 13.7 Å². The molecule has 0 bridgehead atoms. The van der Waals surface area contributed by atoms with Gasteiger partial charge in [-0.15, -0.1) is 0 Å². The zero-order valence-corrected chi connectivity index (χ0v) is 15.6. The number of nitrogens with zero attached hydrogens (tertiary/aromatic N) is 2. The highest BCUT2D eigenvalue weighted by atomic mass is 16.5. The van der Waals surface area contributed by atoms with Crippen LogP contribution in [0.1, 0.15) is 16.8 Å². The molecule has 2 aromatic carbocycles. The summed E-state index contributed by atoms with van der Waals surface area (Å²) in [5.74, 6) is 0.720. The highest BCUT2D eigenvalue weighted by Gasteiger charge is 2.43. The fourth-order valence-electron chi connectivity index (χ4n) is 4.41. The van der Waals surface area contributed by atoms with Crippen LogP contribution in [0.15, 0.2) is 48.5 Å². The standard InChI is InChI=1S/C22H21N3O3/c1-28-20-9-5-2-6-14(20)11-24-13-21(26)25-12-18-16(10-19(25)22(24)27)15-7-3-4-8-17(15)23-18/h2-9,19,23H,10-13H2,1H3. The SMILES string of the molecule is COc1ccccc1CN1CC(=O)N2Cc3[nH]c4ccccc4c3CC2C1=O. The number of hydrogen-bond acceptors (Lipinski definition) is 3. The average Bonchev–Trinajstić information content (AvgIpc) is 3.09. The van der Waals surface area contributed by atoms with Crippen LogP contribution >= 0.6 is 0 Å². The minimum Gasteiger partial charge on any atom is -0.496 e. The second-order valence-electron chi connectivity index (χ2n) is 7.38. The Balaban J connectivity index is 1.46. The number of aromatic nitrogens is 1. The van der Waals surface area contributed by atoms with E-state index in [0.717, 1.165) is 33.5 Å². The first-order valence-corrected chi connectivity index (χ1v) is 9.44. The normalized spacial score (nSPS) is 19.0. The maximum atomic E-state index is 13.3. The van der Waals surface area contributed by atoms with Gasteiger partial charge in [-0.25, -0.2) is 0 Å². The molecule has 0 radical (unpaired) electrons. The average molecular weight is 375 g/mol. The van der Waals surface area contributed by atoms with E-state index in [9.17, 15) is 9.59 Å². The summed E-state index contributed by atoms with van der Waals surface area (Å²) in [5.41, 5.74) is 4.15. The molecule has 1 fully saturated rings. The van der Waals surface area contributed by atoms with Gasteiger partial charge in [0.1, 0.15) is 18.3 Å². The Morgan fingerprint density at radius 1 is 1.07 bits per heavy atom. The zero-order chi connectivity index (χ0) is 19.3. The second kappa shape index (κ2) is 6.41. The van der Waals surface area contributed by atoms with Crippen molar-refractivity contribution in [1.29, 1.82) is 0 Å². The second-order valence-corrected chi connectivity index (χ2v) is 7.38. The van der Waals surface area contributed by atoms with Crippen molar-refractivity contribution in [2.45, 2.75) is 25.6 Å². The van der Waals surface area contributed by atoms with Crippen molar-refractivity contribution < 1.29 is 14.3 Å². The van der Waals surface area contributed by atoms with E-state index in [0.29, 0.717) is 19.5 Å². The number of hydrogen-bond donors (Lipinski definition) is 1. The summed E-state index contributed by atoms with van der Waals surface area (Å²) in [5, 5.41) is 1.14. The molecule has 1 unspecified atom stereocenters. The van der Waals surface area contributed by atoms with Crippen LogP contribution in [0.4, 0.5) is 0 Å². The summed E-state index contributed by atoms with van der Waals surface area (Å²) in [6.45, 7) is 0.935. The Morgan fingerprint density at radius 2 is 1.86 bits per heavy atom. The molecule has 1 N–H and O–H groups in total. The summed E-state index contributed by atoms with van der Waals surface area (Å²) in [6.07, 6.45) is 0.548. The van der Waals surface area contributed by atoms with Crippen molar-refractivity contribution in [3.05, 3.63) is 65.4 Å². The fourth-order valence-corrected chi connectivity index (χ4v) is 4.41. The number of rotatable bonds is 3. The Morgan fingerprint density at radius 3 is 2.71 bits per heavy atom. The Hall–Kier alpha value is -3.28. The minimum absolute atomic E-state index is 0.00133. The fraction of sp³-hybridized carbons (Fsp3) is 0.273. The van der Waals surface area contributed by atoms with Crippen molar-refractivity contribution in [3.8, 4) is 5.75 Å². The van der Waals surface area contributed by atoms with E-state index in [4.69, 9.17) is 4.74 Å². The first-order valence-electron chi connectivity index (χ1n) is 9.44. The molecule has 1 saturated heterocycles. The van der Waals surface area contributed by atoms with Crippen LogP contribution in [0, 0.1) is 0 Å². The lowest BCUT2D eigenvalue weighted by molar-refractivity contribution is -0.157. The van der Waals surface area contributed by atoms with E-state index in [1.54, 1.807) is 16.9 Å². The number of carbonyl (C=O) groups excluding carboxylic acids is 2. The third-order valence-electron chi connectivity index (χ3n) is 5.80. The molecule has 2 amide bonds. The van der Waals surface area contributed by atoms with E-state index in [1.807, 2.05) is 42.5 Å². The smallest absolute Gasteiger partial charge is 0.246 e. The van der Waals surface area contributed by atoms with Crippen molar-refractivity contribution in [3.63, 3.8) is 0 Å². The number of para-hydroxylation sites is 2. The largest absolute Gasteiger partial charge is 0.496 e. The number of benzene rings is 2. The topological polar surface area (TPSA) is 65.6 Å². The van der Waals surface area contributed by atoms with Crippen LogP contribution in [0.25, 0.3) is 10.9 Å². The van der Waals surface area contributed by atoms with Crippen LogP contribution in [0.5, 0.6) is 5.75 Å². The first kappa shape index (κ1) is 16.9. The molecule has 142 valence electrons. The first-order chi connectivity index (χ1) is 13.7. The van der Waals surface area contributed by atoms with Gasteiger partial charge >= 0.3 is 0 Å². The number of carbonyl (C=O) groups is 2. The van der Waals surface area contributed by atoms with Gasteiger partial charge < -0.3 is 19.5 Å². The highest BCUT2D eigenvalue weighted by molar-refractivity contribution is 5.96. The number of amides is 2. The molecule has 5 rings (SSSR count). The van der Waals surface area contributed by atoms with Crippen molar-refractivity contribution in [2.24, 2.45) is 0 Å². The van der Waals surface area contributed by atoms with Gasteiger partial charge in [0.15, 0.2) is 0 Å². The Labute approximate surface area is 162 Å².